The first kappa shape index (κ1) is 15.5. The molecule has 0 amide bonds. The lowest BCUT2D eigenvalue weighted by Crippen LogP contribution is -2.04. The molecule has 106 valence electrons. The quantitative estimate of drug-likeness (QED) is 0.432. The molecule has 0 heterocycles. The van der Waals surface area contributed by atoms with Gasteiger partial charge in [-0.1, -0.05) is 31.9 Å². The minimum Gasteiger partial charge on any atom is -0.207 e. The summed E-state index contributed by atoms with van der Waals surface area (Å²) in [6, 6.07) is 4.06. The minimum absolute atomic E-state index is 0.127. The summed E-state index contributed by atoms with van der Waals surface area (Å²) >= 11 is 5.99. The molecule has 2 rings (SSSR count). The van der Waals surface area contributed by atoms with Crippen molar-refractivity contribution in [3.05, 3.63) is 68.7 Å². The van der Waals surface area contributed by atoms with Crippen LogP contribution in [-0.4, -0.2) is 0 Å². The van der Waals surface area contributed by atoms with E-state index in [1.807, 2.05) is 0 Å². The second-order valence-corrected chi connectivity index (χ2v) is 6.10. The monoisotopic (exact) mass is 410 g/mol. The van der Waals surface area contributed by atoms with E-state index in [-0.39, 0.29) is 21.2 Å². The van der Waals surface area contributed by atoms with Crippen molar-refractivity contribution in [2.24, 2.45) is 0 Å². The molecule has 0 radical (unpaired) electrons. The highest BCUT2D eigenvalue weighted by atomic mass is 79.9. The SMILES string of the molecule is Cc1cc(F)c(C(Br)c2c(F)cc(Br)cc2F)cc1F. The molecule has 6 heteroatoms. The van der Waals surface area contributed by atoms with E-state index in [2.05, 4.69) is 31.9 Å². The lowest BCUT2D eigenvalue weighted by atomic mass is 10.0. The third kappa shape index (κ3) is 2.91. The van der Waals surface area contributed by atoms with E-state index in [4.69, 9.17) is 0 Å². The van der Waals surface area contributed by atoms with Crippen LogP contribution >= 0.6 is 31.9 Å². The van der Waals surface area contributed by atoms with Gasteiger partial charge in [0.2, 0.25) is 0 Å². The third-order valence-electron chi connectivity index (χ3n) is 2.85. The Hall–Kier alpha value is -0.880. The lowest BCUT2D eigenvalue weighted by Gasteiger charge is -2.15. The van der Waals surface area contributed by atoms with Crippen LogP contribution in [0.1, 0.15) is 21.5 Å². The Balaban J connectivity index is 2.57. The van der Waals surface area contributed by atoms with Gasteiger partial charge in [0.05, 0.1) is 4.83 Å². The molecular formula is C14H8Br2F4. The number of rotatable bonds is 2. The molecule has 0 aliphatic carbocycles. The summed E-state index contributed by atoms with van der Waals surface area (Å²) in [6.07, 6.45) is 0. The van der Waals surface area contributed by atoms with Gasteiger partial charge < -0.3 is 0 Å². The van der Waals surface area contributed by atoms with Gasteiger partial charge in [-0.2, -0.15) is 0 Å². The summed E-state index contributed by atoms with van der Waals surface area (Å²) in [5.41, 5.74) is -0.397. The number of benzene rings is 2. The van der Waals surface area contributed by atoms with Gasteiger partial charge in [-0.3, -0.25) is 0 Å². The van der Waals surface area contributed by atoms with E-state index in [1.54, 1.807) is 0 Å². The molecule has 2 aromatic carbocycles. The molecule has 0 aliphatic heterocycles. The van der Waals surface area contributed by atoms with Crippen molar-refractivity contribution in [1.29, 1.82) is 0 Å². The van der Waals surface area contributed by atoms with E-state index in [9.17, 15) is 17.6 Å². The summed E-state index contributed by atoms with van der Waals surface area (Å²) in [5, 5.41) is 0. The van der Waals surface area contributed by atoms with Crippen molar-refractivity contribution in [1.82, 2.24) is 0 Å². The molecule has 0 saturated heterocycles. The van der Waals surface area contributed by atoms with Crippen LogP contribution in [0.2, 0.25) is 0 Å². The van der Waals surface area contributed by atoms with Crippen LogP contribution in [0.25, 0.3) is 0 Å². The van der Waals surface area contributed by atoms with E-state index < -0.39 is 28.1 Å². The van der Waals surface area contributed by atoms with Gasteiger partial charge in [0, 0.05) is 15.6 Å². The summed E-state index contributed by atoms with van der Waals surface area (Å²) in [6.45, 7) is 1.41. The van der Waals surface area contributed by atoms with Crippen molar-refractivity contribution in [3.8, 4) is 0 Å². The van der Waals surface area contributed by atoms with Crippen LogP contribution in [0, 0.1) is 30.2 Å². The van der Waals surface area contributed by atoms with Crippen molar-refractivity contribution in [2.75, 3.05) is 0 Å². The molecule has 0 fully saturated rings. The van der Waals surface area contributed by atoms with Crippen molar-refractivity contribution in [3.63, 3.8) is 0 Å². The van der Waals surface area contributed by atoms with Crippen LogP contribution < -0.4 is 0 Å². The molecule has 20 heavy (non-hydrogen) atoms. The molecule has 0 N–H and O–H groups in total. The van der Waals surface area contributed by atoms with Crippen molar-refractivity contribution in [2.45, 2.75) is 11.8 Å². The molecule has 1 atom stereocenters. The van der Waals surface area contributed by atoms with Crippen LogP contribution in [0.5, 0.6) is 0 Å². The van der Waals surface area contributed by atoms with E-state index in [1.165, 1.54) is 6.92 Å². The zero-order valence-electron chi connectivity index (χ0n) is 10.2. The van der Waals surface area contributed by atoms with Gasteiger partial charge >= 0.3 is 0 Å². The average molecular weight is 412 g/mol. The van der Waals surface area contributed by atoms with Gasteiger partial charge in [0.1, 0.15) is 23.3 Å². The molecule has 0 nitrogen and oxygen atoms in total. The summed E-state index contributed by atoms with van der Waals surface area (Å²) in [7, 11) is 0. The number of hydrogen-bond acceptors (Lipinski definition) is 0. The van der Waals surface area contributed by atoms with Crippen LogP contribution in [0.3, 0.4) is 0 Å². The van der Waals surface area contributed by atoms with Crippen LogP contribution in [-0.2, 0) is 0 Å². The summed E-state index contributed by atoms with van der Waals surface area (Å²) < 4.78 is 55.3. The maximum atomic E-state index is 13.9. The van der Waals surface area contributed by atoms with Gasteiger partial charge in [0.25, 0.3) is 0 Å². The number of hydrogen-bond donors (Lipinski definition) is 0. The maximum absolute atomic E-state index is 13.9. The second kappa shape index (κ2) is 5.85. The number of alkyl halides is 1. The van der Waals surface area contributed by atoms with Gasteiger partial charge in [-0.15, -0.1) is 0 Å². The Kier molecular flexibility index (Phi) is 4.54. The summed E-state index contributed by atoms with van der Waals surface area (Å²) in [5.74, 6) is -3.06. The number of aryl methyl sites for hydroxylation is 1. The highest BCUT2D eigenvalue weighted by Gasteiger charge is 2.23. The molecule has 0 bridgehead atoms. The van der Waals surface area contributed by atoms with Crippen LogP contribution in [0.4, 0.5) is 17.6 Å². The second-order valence-electron chi connectivity index (χ2n) is 4.27. The Labute approximate surface area is 130 Å². The minimum atomic E-state index is -1.12. The maximum Gasteiger partial charge on any atom is 0.131 e. The lowest BCUT2D eigenvalue weighted by molar-refractivity contribution is 0.549. The topological polar surface area (TPSA) is 0 Å². The average Bonchev–Trinajstić information content (AvgIpc) is 2.32. The first-order chi connectivity index (χ1) is 9.31. The molecule has 0 spiro atoms. The Morgan fingerprint density at radius 1 is 0.850 bits per heavy atom. The first-order valence-electron chi connectivity index (χ1n) is 5.55. The summed E-state index contributed by atoms with van der Waals surface area (Å²) in [4.78, 5) is -1.12. The zero-order valence-corrected chi connectivity index (χ0v) is 13.3. The van der Waals surface area contributed by atoms with Gasteiger partial charge in [-0.05, 0) is 36.8 Å². The van der Waals surface area contributed by atoms with Crippen molar-refractivity contribution < 1.29 is 17.6 Å². The van der Waals surface area contributed by atoms with Gasteiger partial charge in [-0.25, -0.2) is 17.6 Å². The van der Waals surface area contributed by atoms with Crippen LogP contribution in [0.15, 0.2) is 28.7 Å². The molecule has 1 unspecified atom stereocenters. The van der Waals surface area contributed by atoms with E-state index in [0.29, 0.717) is 0 Å². The Morgan fingerprint density at radius 3 is 1.95 bits per heavy atom. The first-order valence-corrected chi connectivity index (χ1v) is 7.26. The normalized spacial score (nSPS) is 12.6. The largest absolute Gasteiger partial charge is 0.207 e. The number of halogens is 6. The molecular weight excluding hydrogens is 404 g/mol. The highest BCUT2D eigenvalue weighted by Crippen LogP contribution is 2.37. The third-order valence-corrected chi connectivity index (χ3v) is 4.26. The Bertz CT molecular complexity index is 647. The zero-order chi connectivity index (χ0) is 15.0. The fourth-order valence-electron chi connectivity index (χ4n) is 1.81. The molecule has 0 saturated carbocycles. The molecule has 2 aromatic rings. The predicted molar refractivity (Wildman–Crippen MR) is 75.9 cm³/mol. The predicted octanol–water partition coefficient (Wildman–Crippen LogP) is 5.80. The molecule has 0 aromatic heterocycles. The fourth-order valence-corrected chi connectivity index (χ4v) is 3.00. The smallest absolute Gasteiger partial charge is 0.131 e. The fraction of sp³-hybridized carbons (Fsp3) is 0.143. The molecule has 0 aliphatic rings. The standard InChI is InChI=1S/C14H8Br2F4/c1-6-2-10(18)8(5-9(6)17)14(16)13-11(19)3-7(15)4-12(13)20/h2-5,14H,1H3. The van der Waals surface area contributed by atoms with E-state index in [0.717, 1.165) is 24.3 Å². The van der Waals surface area contributed by atoms with Crippen molar-refractivity contribution >= 4 is 31.9 Å². The van der Waals surface area contributed by atoms with E-state index >= 15 is 0 Å². The highest BCUT2D eigenvalue weighted by molar-refractivity contribution is 9.10. The van der Waals surface area contributed by atoms with Gasteiger partial charge in [0.15, 0.2) is 0 Å². The Morgan fingerprint density at radius 2 is 1.40 bits per heavy atom.